The van der Waals surface area contributed by atoms with Gasteiger partial charge in [-0.05, 0) is 20.8 Å². The quantitative estimate of drug-likeness (QED) is 0.337. The summed E-state index contributed by atoms with van der Waals surface area (Å²) in [4.78, 5) is 24.5. The lowest BCUT2D eigenvalue weighted by molar-refractivity contribution is -0.237. The third-order valence-corrected chi connectivity index (χ3v) is 7.67. The average molecular weight is 518 g/mol. The van der Waals surface area contributed by atoms with Gasteiger partial charge in [0.25, 0.3) is 15.6 Å². The van der Waals surface area contributed by atoms with Crippen LogP contribution in [0.4, 0.5) is 0 Å². The van der Waals surface area contributed by atoms with Gasteiger partial charge >= 0.3 is 0 Å². The minimum absolute atomic E-state index is 0.161. The summed E-state index contributed by atoms with van der Waals surface area (Å²) < 4.78 is 60.8. The SMILES string of the molecule is CC1CC(O)[C@@H](COP(=O)([O-])OC2CC(C)O[C@@H]2COP(=O)([O-])OC2CC(C)O[C@@H]2CO)O1. The summed E-state index contributed by atoms with van der Waals surface area (Å²) in [5.41, 5.74) is 0. The van der Waals surface area contributed by atoms with Crippen molar-refractivity contribution >= 4 is 15.6 Å². The molecule has 13 nitrogen and oxygen atoms in total. The molecule has 3 heterocycles. The van der Waals surface area contributed by atoms with Crippen LogP contribution in [0, 0.1) is 0 Å². The van der Waals surface area contributed by atoms with E-state index in [-0.39, 0.29) is 25.0 Å². The van der Waals surface area contributed by atoms with Gasteiger partial charge in [-0.1, -0.05) is 0 Å². The summed E-state index contributed by atoms with van der Waals surface area (Å²) >= 11 is 0. The van der Waals surface area contributed by atoms with Gasteiger partial charge in [-0.3, -0.25) is 9.13 Å². The highest BCUT2D eigenvalue weighted by Crippen LogP contribution is 2.47. The van der Waals surface area contributed by atoms with Gasteiger partial charge in [0.2, 0.25) is 0 Å². The molecule has 0 aliphatic carbocycles. The van der Waals surface area contributed by atoms with Crippen molar-refractivity contribution < 1.29 is 61.4 Å². The zero-order valence-corrected chi connectivity index (χ0v) is 20.5. The van der Waals surface area contributed by atoms with Crippen molar-refractivity contribution in [3.8, 4) is 0 Å². The molecule has 0 spiro atoms. The van der Waals surface area contributed by atoms with E-state index in [2.05, 4.69) is 0 Å². The lowest BCUT2D eigenvalue weighted by atomic mass is 10.1. The molecule has 0 saturated carbocycles. The Morgan fingerprint density at radius 3 is 1.70 bits per heavy atom. The molecule has 0 amide bonds. The molecule has 15 heteroatoms. The van der Waals surface area contributed by atoms with E-state index < -0.39 is 78.2 Å². The number of phosphoric acid groups is 2. The normalized spacial score (nSPS) is 42.9. The van der Waals surface area contributed by atoms with E-state index in [0.717, 1.165) is 0 Å². The van der Waals surface area contributed by atoms with Gasteiger partial charge in [0.15, 0.2) is 0 Å². The third kappa shape index (κ3) is 8.01. The van der Waals surface area contributed by atoms with Crippen LogP contribution in [0.25, 0.3) is 0 Å². The molecule has 0 aromatic heterocycles. The van der Waals surface area contributed by atoms with Crippen LogP contribution in [0.15, 0.2) is 0 Å². The molecule has 0 bridgehead atoms. The molecule has 3 saturated heterocycles. The summed E-state index contributed by atoms with van der Waals surface area (Å²) in [5, 5.41) is 19.2. The molecule has 0 aromatic carbocycles. The molecule has 3 aliphatic rings. The highest BCUT2D eigenvalue weighted by atomic mass is 31.2. The number of phosphoric ester groups is 2. The number of aliphatic hydroxyl groups is 2. The summed E-state index contributed by atoms with van der Waals surface area (Å²) in [6.45, 7) is 3.80. The molecule has 11 atom stereocenters. The van der Waals surface area contributed by atoms with E-state index in [4.69, 9.17) is 32.3 Å². The topological polar surface area (TPSA) is 185 Å². The fourth-order valence-electron chi connectivity index (χ4n) is 4.18. The van der Waals surface area contributed by atoms with Crippen LogP contribution in [0.3, 0.4) is 0 Å². The minimum atomic E-state index is -4.81. The number of hydrogen-bond acceptors (Lipinski definition) is 13. The van der Waals surface area contributed by atoms with Crippen molar-refractivity contribution in [1.29, 1.82) is 0 Å². The van der Waals surface area contributed by atoms with Gasteiger partial charge in [0.05, 0.1) is 56.4 Å². The van der Waals surface area contributed by atoms with Gasteiger partial charge in [-0.15, -0.1) is 0 Å². The highest BCUT2D eigenvalue weighted by Gasteiger charge is 2.40. The Balaban J connectivity index is 1.50. The van der Waals surface area contributed by atoms with Gasteiger partial charge in [0.1, 0.15) is 18.3 Å². The van der Waals surface area contributed by atoms with E-state index in [1.165, 1.54) is 0 Å². The van der Waals surface area contributed by atoms with Gasteiger partial charge < -0.3 is 52.3 Å². The first-order valence-corrected chi connectivity index (χ1v) is 13.8. The average Bonchev–Trinajstić information content (AvgIpc) is 3.33. The highest BCUT2D eigenvalue weighted by molar-refractivity contribution is 7.46. The molecule has 194 valence electrons. The minimum Gasteiger partial charge on any atom is -0.756 e. The monoisotopic (exact) mass is 518 g/mol. The first kappa shape index (κ1) is 27.6. The van der Waals surface area contributed by atoms with Crippen molar-refractivity contribution in [2.75, 3.05) is 19.8 Å². The van der Waals surface area contributed by atoms with Crippen LogP contribution in [-0.4, -0.2) is 85.0 Å². The van der Waals surface area contributed by atoms with Crippen LogP contribution < -0.4 is 9.79 Å². The van der Waals surface area contributed by atoms with E-state index >= 15 is 0 Å². The van der Waals surface area contributed by atoms with Crippen LogP contribution in [0.2, 0.25) is 0 Å². The predicted molar refractivity (Wildman–Crippen MR) is 107 cm³/mol. The van der Waals surface area contributed by atoms with Crippen LogP contribution >= 0.6 is 15.6 Å². The van der Waals surface area contributed by atoms with E-state index in [0.29, 0.717) is 6.42 Å². The standard InChI is InChI=1S/C18H34O13P2/c1-10-4-13(20)17(28-10)8-25-32(21,22)31-15-6-12(3)29-18(15)9-26-33(23,24)30-14-5-11(2)27-16(14)7-19/h10-20H,4-9H2,1-3H3,(H,21,22)(H,23,24)/p-2/t10?,11?,12?,13?,14?,15?,16-,17-,18-/m1/s1. The Kier molecular flexibility index (Phi) is 9.52. The van der Waals surface area contributed by atoms with E-state index in [1.54, 1.807) is 20.8 Å². The smallest absolute Gasteiger partial charge is 0.268 e. The number of aliphatic hydroxyl groups excluding tert-OH is 2. The molecule has 0 aromatic rings. The van der Waals surface area contributed by atoms with E-state index in [1.807, 2.05) is 0 Å². The molecule has 0 radical (unpaired) electrons. The Bertz CT molecular complexity index is 738. The second kappa shape index (κ2) is 11.4. The van der Waals surface area contributed by atoms with Gasteiger partial charge in [-0.25, -0.2) is 0 Å². The molecule has 33 heavy (non-hydrogen) atoms. The van der Waals surface area contributed by atoms with Crippen LogP contribution in [0.1, 0.15) is 40.0 Å². The molecule has 3 aliphatic heterocycles. The summed E-state index contributed by atoms with van der Waals surface area (Å²) in [7, 11) is -9.62. The molecule has 8 unspecified atom stereocenters. The zero-order valence-electron chi connectivity index (χ0n) is 18.7. The third-order valence-electron chi connectivity index (χ3n) is 5.68. The Morgan fingerprint density at radius 2 is 1.21 bits per heavy atom. The molecular formula is C18H32O13P2-2. The van der Waals surface area contributed by atoms with Crippen LogP contribution in [0.5, 0.6) is 0 Å². The first-order chi connectivity index (χ1) is 15.4. The lowest BCUT2D eigenvalue weighted by Crippen LogP contribution is -2.33. The first-order valence-electron chi connectivity index (χ1n) is 10.9. The molecular weight excluding hydrogens is 486 g/mol. The van der Waals surface area contributed by atoms with Crippen molar-refractivity contribution in [3.05, 3.63) is 0 Å². The van der Waals surface area contributed by atoms with Crippen molar-refractivity contribution in [3.63, 3.8) is 0 Å². The second-order valence-electron chi connectivity index (χ2n) is 8.69. The van der Waals surface area contributed by atoms with Gasteiger partial charge in [0, 0.05) is 19.3 Å². The predicted octanol–water partition coefficient (Wildman–Crippen LogP) is -0.388. The lowest BCUT2D eigenvalue weighted by Gasteiger charge is -2.31. The summed E-state index contributed by atoms with van der Waals surface area (Å²) in [5.74, 6) is 0. The van der Waals surface area contributed by atoms with Crippen LogP contribution in [-0.2, 0) is 41.4 Å². The fourth-order valence-corrected chi connectivity index (χ4v) is 6.07. The maximum Gasteiger partial charge on any atom is 0.268 e. The van der Waals surface area contributed by atoms with E-state index in [9.17, 15) is 29.1 Å². The maximum atomic E-state index is 12.3. The molecule has 3 rings (SSSR count). The number of hydrogen-bond donors (Lipinski definition) is 2. The van der Waals surface area contributed by atoms with Crippen molar-refractivity contribution in [1.82, 2.24) is 0 Å². The Labute approximate surface area is 192 Å². The maximum absolute atomic E-state index is 12.3. The molecule has 2 N–H and O–H groups in total. The second-order valence-corrected chi connectivity index (χ2v) is 11.4. The number of ether oxygens (including phenoxy) is 3. The zero-order chi connectivity index (χ0) is 24.4. The largest absolute Gasteiger partial charge is 0.756 e. The Hall–Kier alpha value is 0.0200. The number of rotatable bonds is 11. The summed E-state index contributed by atoms with van der Waals surface area (Å²) in [6.07, 6.45) is -5.52. The van der Waals surface area contributed by atoms with Crippen molar-refractivity contribution in [2.45, 2.75) is 95.0 Å². The Morgan fingerprint density at radius 1 is 0.788 bits per heavy atom. The van der Waals surface area contributed by atoms with Gasteiger partial charge in [-0.2, -0.15) is 0 Å². The van der Waals surface area contributed by atoms with Crippen molar-refractivity contribution in [2.24, 2.45) is 0 Å². The summed E-state index contributed by atoms with van der Waals surface area (Å²) in [6, 6.07) is 0. The molecule has 3 fully saturated rings. The fraction of sp³-hybridized carbons (Fsp3) is 1.00.